The minimum Gasteiger partial charge on any atom is -0.436 e. The fourth-order valence-electron chi connectivity index (χ4n) is 2.02. The Morgan fingerprint density at radius 1 is 1.05 bits per heavy atom. The fraction of sp³-hybridized carbons (Fsp3) is 0.0625. The Morgan fingerprint density at radius 2 is 1.91 bits per heavy atom. The Morgan fingerprint density at radius 3 is 2.68 bits per heavy atom. The van der Waals surface area contributed by atoms with E-state index in [2.05, 4.69) is 9.71 Å². The molecule has 0 amide bonds. The van der Waals surface area contributed by atoms with Crippen molar-refractivity contribution >= 4 is 40.8 Å². The lowest BCUT2D eigenvalue weighted by molar-refractivity contribution is 0.589. The molecule has 0 aliphatic rings. The van der Waals surface area contributed by atoms with Gasteiger partial charge in [-0.15, -0.1) is 0 Å². The molecule has 0 unspecified atom stereocenters. The van der Waals surface area contributed by atoms with Gasteiger partial charge in [-0.05, 0) is 36.4 Å². The van der Waals surface area contributed by atoms with E-state index >= 15 is 0 Å². The Kier molecular flexibility index (Phi) is 4.62. The molecule has 22 heavy (non-hydrogen) atoms. The Balaban J connectivity index is 1.93. The number of aromatic nitrogens is 1. The summed E-state index contributed by atoms with van der Waals surface area (Å²) in [6.07, 6.45) is 3.66. The molecular formula is C16H12Cl2N2OS. The van der Waals surface area contributed by atoms with Crippen LogP contribution in [0, 0.1) is 0 Å². The van der Waals surface area contributed by atoms with Crippen LogP contribution in [0.4, 0.5) is 5.69 Å². The zero-order valence-electron chi connectivity index (χ0n) is 11.6. The lowest BCUT2D eigenvalue weighted by Gasteiger charge is -2.03. The third-order valence-electron chi connectivity index (χ3n) is 3.04. The van der Waals surface area contributed by atoms with Crippen molar-refractivity contribution in [2.24, 2.45) is 0 Å². The molecular weight excluding hydrogens is 339 g/mol. The maximum atomic E-state index is 6.04. The number of nitrogens with zero attached hydrogens (tertiary/aromatic N) is 1. The summed E-state index contributed by atoms with van der Waals surface area (Å²) in [5.74, 6) is 1.21. The Labute approximate surface area is 142 Å². The van der Waals surface area contributed by atoms with E-state index in [0.717, 1.165) is 16.8 Å². The van der Waals surface area contributed by atoms with Crippen LogP contribution < -0.4 is 4.72 Å². The first-order valence-electron chi connectivity index (χ1n) is 6.48. The summed E-state index contributed by atoms with van der Waals surface area (Å²) in [6, 6.07) is 13.2. The van der Waals surface area contributed by atoms with Gasteiger partial charge in [-0.25, -0.2) is 4.98 Å². The van der Waals surface area contributed by atoms with E-state index in [1.807, 2.05) is 36.6 Å². The zero-order chi connectivity index (χ0) is 15.5. The van der Waals surface area contributed by atoms with Gasteiger partial charge in [0, 0.05) is 23.1 Å². The number of hydrogen-bond acceptors (Lipinski definition) is 4. The van der Waals surface area contributed by atoms with Crippen LogP contribution in [0.1, 0.15) is 0 Å². The molecule has 0 spiro atoms. The molecule has 1 aromatic heterocycles. The Hall–Kier alpha value is -1.62. The van der Waals surface area contributed by atoms with Gasteiger partial charge in [0.25, 0.3) is 0 Å². The van der Waals surface area contributed by atoms with Crippen molar-refractivity contribution in [3.63, 3.8) is 0 Å². The monoisotopic (exact) mass is 350 g/mol. The lowest BCUT2D eigenvalue weighted by Crippen LogP contribution is -1.85. The van der Waals surface area contributed by atoms with Crippen LogP contribution in [0.25, 0.3) is 22.8 Å². The number of anilines is 1. The zero-order valence-corrected chi connectivity index (χ0v) is 14.0. The molecule has 0 fully saturated rings. The topological polar surface area (TPSA) is 38.1 Å². The molecule has 2 aromatic carbocycles. The van der Waals surface area contributed by atoms with Crippen LogP contribution in [0.5, 0.6) is 0 Å². The van der Waals surface area contributed by atoms with E-state index in [-0.39, 0.29) is 0 Å². The first-order valence-corrected chi connectivity index (χ1v) is 8.46. The first-order chi connectivity index (χ1) is 10.7. The molecule has 0 bridgehead atoms. The van der Waals surface area contributed by atoms with Crippen molar-refractivity contribution in [2.45, 2.75) is 0 Å². The maximum Gasteiger partial charge on any atom is 0.226 e. The molecule has 0 radical (unpaired) electrons. The van der Waals surface area contributed by atoms with Crippen molar-refractivity contribution in [2.75, 3.05) is 11.0 Å². The van der Waals surface area contributed by atoms with Crippen LogP contribution in [0.3, 0.4) is 0 Å². The first kappa shape index (κ1) is 15.3. The predicted octanol–water partition coefficient (Wildman–Crippen LogP) is 6.01. The van der Waals surface area contributed by atoms with Gasteiger partial charge in [-0.2, -0.15) is 0 Å². The summed E-state index contributed by atoms with van der Waals surface area (Å²) in [6.45, 7) is 0. The predicted molar refractivity (Wildman–Crippen MR) is 94.5 cm³/mol. The van der Waals surface area contributed by atoms with E-state index < -0.39 is 0 Å². The Bertz CT molecular complexity index is 804. The minimum atomic E-state index is 0.489. The highest BCUT2D eigenvalue weighted by molar-refractivity contribution is 7.99. The molecule has 3 nitrogen and oxygen atoms in total. The van der Waals surface area contributed by atoms with Crippen molar-refractivity contribution in [1.29, 1.82) is 0 Å². The van der Waals surface area contributed by atoms with Crippen molar-refractivity contribution in [3.8, 4) is 22.8 Å². The standard InChI is InChI=1S/C16H12Cl2N2OS/c1-22-20-12-4-2-3-11(7-12)16-19-9-15(21-16)10-5-6-13(17)14(18)8-10/h2-9,20H,1H3. The lowest BCUT2D eigenvalue weighted by atomic mass is 10.2. The average Bonchev–Trinajstić information content (AvgIpc) is 3.01. The number of oxazole rings is 1. The SMILES string of the molecule is CSNc1cccc(-c2ncc(-c3ccc(Cl)c(Cl)c3)o2)c1. The molecule has 0 atom stereocenters. The summed E-state index contributed by atoms with van der Waals surface area (Å²) >= 11 is 13.5. The van der Waals surface area contributed by atoms with Crippen LogP contribution in [0.2, 0.25) is 10.0 Å². The number of benzene rings is 2. The third-order valence-corrected chi connectivity index (χ3v) is 4.22. The van der Waals surface area contributed by atoms with Crippen LogP contribution in [-0.2, 0) is 0 Å². The number of halogens is 2. The van der Waals surface area contributed by atoms with Gasteiger partial charge in [-0.1, -0.05) is 41.2 Å². The highest BCUT2D eigenvalue weighted by Crippen LogP contribution is 2.31. The largest absolute Gasteiger partial charge is 0.436 e. The molecule has 3 rings (SSSR count). The van der Waals surface area contributed by atoms with E-state index in [4.69, 9.17) is 27.6 Å². The van der Waals surface area contributed by atoms with Crippen molar-refractivity contribution < 1.29 is 4.42 Å². The second-order valence-corrected chi connectivity index (χ2v) is 5.97. The van der Waals surface area contributed by atoms with E-state index in [1.165, 1.54) is 11.9 Å². The van der Waals surface area contributed by atoms with Gasteiger partial charge < -0.3 is 9.14 Å². The number of hydrogen-bond donors (Lipinski definition) is 1. The number of rotatable bonds is 4. The van der Waals surface area contributed by atoms with E-state index in [0.29, 0.717) is 21.7 Å². The van der Waals surface area contributed by atoms with Crippen molar-refractivity contribution in [3.05, 3.63) is 58.7 Å². The second kappa shape index (κ2) is 6.65. The molecule has 1 N–H and O–H groups in total. The van der Waals surface area contributed by atoms with Gasteiger partial charge in [-0.3, -0.25) is 0 Å². The molecule has 3 aromatic rings. The fourth-order valence-corrected chi connectivity index (χ4v) is 2.68. The normalized spacial score (nSPS) is 10.7. The van der Waals surface area contributed by atoms with Gasteiger partial charge in [0.05, 0.1) is 16.2 Å². The van der Waals surface area contributed by atoms with Crippen LogP contribution >= 0.6 is 35.1 Å². The quantitative estimate of drug-likeness (QED) is 0.585. The summed E-state index contributed by atoms with van der Waals surface area (Å²) in [5, 5.41) is 1.00. The summed E-state index contributed by atoms with van der Waals surface area (Å²) in [5.41, 5.74) is 2.75. The number of nitrogens with one attached hydrogen (secondary N) is 1. The van der Waals surface area contributed by atoms with Gasteiger partial charge >= 0.3 is 0 Å². The summed E-state index contributed by atoms with van der Waals surface area (Å²) in [4.78, 5) is 4.34. The molecule has 0 saturated heterocycles. The molecule has 6 heteroatoms. The molecule has 112 valence electrons. The highest BCUT2D eigenvalue weighted by Gasteiger charge is 2.10. The molecule has 0 saturated carbocycles. The molecule has 0 aliphatic heterocycles. The third kappa shape index (κ3) is 3.24. The molecule has 0 aliphatic carbocycles. The molecule has 1 heterocycles. The van der Waals surface area contributed by atoms with Crippen LogP contribution in [0.15, 0.2) is 53.1 Å². The second-order valence-electron chi connectivity index (χ2n) is 4.55. The van der Waals surface area contributed by atoms with Crippen LogP contribution in [-0.4, -0.2) is 11.2 Å². The van der Waals surface area contributed by atoms with Crippen molar-refractivity contribution in [1.82, 2.24) is 4.98 Å². The van der Waals surface area contributed by atoms with E-state index in [1.54, 1.807) is 18.3 Å². The van der Waals surface area contributed by atoms with Gasteiger partial charge in [0.2, 0.25) is 5.89 Å². The average molecular weight is 351 g/mol. The van der Waals surface area contributed by atoms with Gasteiger partial charge in [0.15, 0.2) is 5.76 Å². The van der Waals surface area contributed by atoms with Gasteiger partial charge in [0.1, 0.15) is 0 Å². The van der Waals surface area contributed by atoms with E-state index in [9.17, 15) is 0 Å². The minimum absolute atomic E-state index is 0.489. The summed E-state index contributed by atoms with van der Waals surface area (Å²) < 4.78 is 9.02. The smallest absolute Gasteiger partial charge is 0.226 e. The summed E-state index contributed by atoms with van der Waals surface area (Å²) in [7, 11) is 0. The highest BCUT2D eigenvalue weighted by atomic mass is 35.5. The maximum absolute atomic E-state index is 6.04.